The lowest BCUT2D eigenvalue weighted by Gasteiger charge is -2.20. The maximum atomic E-state index is 5.69. The molecule has 2 heterocycles. The number of hydrogen-bond acceptors (Lipinski definition) is 4. The third-order valence-electron chi connectivity index (χ3n) is 3.45. The monoisotopic (exact) mass is 294 g/mol. The Kier molecular flexibility index (Phi) is 5.08. The fraction of sp³-hybridized carbons (Fsp3) is 0.750. The highest BCUT2D eigenvalue weighted by Gasteiger charge is 2.20. The van der Waals surface area contributed by atoms with Gasteiger partial charge < -0.3 is 4.74 Å². The number of rotatable bonds is 4. The van der Waals surface area contributed by atoms with Gasteiger partial charge in [0.1, 0.15) is 10.9 Å². The minimum atomic E-state index is 0.0613. The van der Waals surface area contributed by atoms with E-state index in [0.717, 1.165) is 28.9 Å². The van der Waals surface area contributed by atoms with Crippen molar-refractivity contribution in [3.63, 3.8) is 0 Å². The molecule has 0 amide bonds. The highest BCUT2D eigenvalue weighted by molar-refractivity contribution is 7.99. The molecule has 0 N–H and O–H groups in total. The van der Waals surface area contributed by atoms with Gasteiger partial charge in [-0.3, -0.25) is 0 Å². The van der Waals surface area contributed by atoms with E-state index < -0.39 is 0 Å². The van der Waals surface area contributed by atoms with Gasteiger partial charge in [0.25, 0.3) is 0 Å². The molecule has 0 radical (unpaired) electrons. The van der Waals surface area contributed by atoms with Gasteiger partial charge in [-0.05, 0) is 18.9 Å². The van der Waals surface area contributed by atoms with Gasteiger partial charge in [-0.15, -0.1) is 11.8 Å². The van der Waals surface area contributed by atoms with Crippen LogP contribution in [0.2, 0.25) is 0 Å². The summed E-state index contributed by atoms with van der Waals surface area (Å²) in [6, 6.07) is 2.14. The first-order chi connectivity index (χ1) is 9.36. The van der Waals surface area contributed by atoms with E-state index in [-0.39, 0.29) is 5.41 Å². The summed E-state index contributed by atoms with van der Waals surface area (Å²) in [5.74, 6) is 2.31. The SMILES string of the molecule is CC(C)c1nc(SCC2CCCO2)cc(C(C)(C)C)n1. The predicted octanol–water partition coefficient (Wildman–Crippen LogP) is 4.17. The van der Waals surface area contributed by atoms with Crippen LogP contribution in [0.4, 0.5) is 0 Å². The largest absolute Gasteiger partial charge is 0.377 e. The van der Waals surface area contributed by atoms with Crippen molar-refractivity contribution < 1.29 is 4.74 Å². The minimum Gasteiger partial charge on any atom is -0.377 e. The van der Waals surface area contributed by atoms with Gasteiger partial charge in [0, 0.05) is 23.7 Å². The van der Waals surface area contributed by atoms with Crippen molar-refractivity contribution in [2.24, 2.45) is 0 Å². The topological polar surface area (TPSA) is 35.0 Å². The lowest BCUT2D eigenvalue weighted by atomic mass is 9.92. The molecule has 1 unspecified atom stereocenters. The molecule has 1 aliphatic rings. The Balaban J connectivity index is 2.15. The van der Waals surface area contributed by atoms with Crippen molar-refractivity contribution in [2.75, 3.05) is 12.4 Å². The standard InChI is InChI=1S/C16H26N2OS/c1-11(2)15-17-13(16(3,4)5)9-14(18-15)20-10-12-7-6-8-19-12/h9,11-12H,6-8,10H2,1-5H3. The Labute approximate surface area is 126 Å². The highest BCUT2D eigenvalue weighted by Crippen LogP contribution is 2.28. The number of aromatic nitrogens is 2. The minimum absolute atomic E-state index is 0.0613. The first kappa shape index (κ1) is 15.8. The van der Waals surface area contributed by atoms with Crippen molar-refractivity contribution in [1.29, 1.82) is 0 Å². The molecule has 20 heavy (non-hydrogen) atoms. The summed E-state index contributed by atoms with van der Waals surface area (Å²) in [7, 11) is 0. The van der Waals surface area contributed by atoms with Crippen LogP contribution in [0.15, 0.2) is 11.1 Å². The van der Waals surface area contributed by atoms with Crippen molar-refractivity contribution in [3.8, 4) is 0 Å². The number of nitrogens with zero attached hydrogens (tertiary/aromatic N) is 2. The molecule has 1 saturated heterocycles. The summed E-state index contributed by atoms with van der Waals surface area (Å²) < 4.78 is 5.69. The van der Waals surface area contributed by atoms with E-state index in [1.165, 1.54) is 12.8 Å². The first-order valence-electron chi connectivity index (χ1n) is 7.50. The molecular formula is C16H26N2OS. The van der Waals surface area contributed by atoms with E-state index in [2.05, 4.69) is 40.7 Å². The average Bonchev–Trinajstić information content (AvgIpc) is 2.88. The summed E-state index contributed by atoms with van der Waals surface area (Å²) in [5, 5.41) is 1.09. The van der Waals surface area contributed by atoms with E-state index in [1.807, 2.05) is 0 Å². The van der Waals surface area contributed by atoms with Crippen molar-refractivity contribution in [1.82, 2.24) is 9.97 Å². The van der Waals surface area contributed by atoms with Crippen LogP contribution >= 0.6 is 11.8 Å². The smallest absolute Gasteiger partial charge is 0.132 e. The van der Waals surface area contributed by atoms with Gasteiger partial charge in [-0.2, -0.15) is 0 Å². The summed E-state index contributed by atoms with van der Waals surface area (Å²) in [4.78, 5) is 9.43. The third kappa shape index (κ3) is 4.19. The Morgan fingerprint density at radius 1 is 1.35 bits per heavy atom. The second-order valence-corrected chi connectivity index (χ2v) is 7.84. The van der Waals surface area contributed by atoms with Gasteiger partial charge in [-0.1, -0.05) is 34.6 Å². The molecule has 0 aliphatic carbocycles. The molecule has 3 nitrogen and oxygen atoms in total. The third-order valence-corrected chi connectivity index (χ3v) is 4.49. The predicted molar refractivity (Wildman–Crippen MR) is 84.5 cm³/mol. The lowest BCUT2D eigenvalue weighted by Crippen LogP contribution is -2.16. The Morgan fingerprint density at radius 3 is 2.65 bits per heavy atom. The van der Waals surface area contributed by atoms with Crippen molar-refractivity contribution in [3.05, 3.63) is 17.6 Å². The molecule has 1 atom stereocenters. The zero-order chi connectivity index (χ0) is 14.8. The molecular weight excluding hydrogens is 268 g/mol. The van der Waals surface area contributed by atoms with E-state index in [0.29, 0.717) is 12.0 Å². The highest BCUT2D eigenvalue weighted by atomic mass is 32.2. The fourth-order valence-corrected chi connectivity index (χ4v) is 3.09. The van der Waals surface area contributed by atoms with Crippen LogP contribution in [0.25, 0.3) is 0 Å². The van der Waals surface area contributed by atoms with Gasteiger partial charge in [0.2, 0.25) is 0 Å². The Morgan fingerprint density at radius 2 is 2.10 bits per heavy atom. The average molecular weight is 294 g/mol. The summed E-state index contributed by atoms with van der Waals surface area (Å²) >= 11 is 1.80. The van der Waals surface area contributed by atoms with E-state index in [4.69, 9.17) is 14.7 Å². The van der Waals surface area contributed by atoms with Gasteiger partial charge in [-0.25, -0.2) is 9.97 Å². The molecule has 1 aromatic heterocycles. The second-order valence-electron chi connectivity index (χ2n) is 6.80. The molecule has 0 aromatic carbocycles. The van der Waals surface area contributed by atoms with E-state index >= 15 is 0 Å². The molecule has 0 spiro atoms. The number of hydrogen-bond donors (Lipinski definition) is 0. The van der Waals surface area contributed by atoms with E-state index in [1.54, 1.807) is 11.8 Å². The summed E-state index contributed by atoms with van der Waals surface area (Å²) in [6.07, 6.45) is 2.77. The van der Waals surface area contributed by atoms with Crippen LogP contribution < -0.4 is 0 Å². The van der Waals surface area contributed by atoms with Crippen molar-refractivity contribution in [2.45, 2.75) is 69.9 Å². The molecule has 0 saturated carbocycles. The Hall–Kier alpha value is -0.610. The fourth-order valence-electron chi connectivity index (χ4n) is 2.11. The number of thioether (sulfide) groups is 1. The maximum Gasteiger partial charge on any atom is 0.132 e. The molecule has 1 aliphatic heterocycles. The molecule has 112 valence electrons. The zero-order valence-corrected chi connectivity index (χ0v) is 14.1. The van der Waals surface area contributed by atoms with Gasteiger partial charge in [0.15, 0.2) is 0 Å². The van der Waals surface area contributed by atoms with E-state index in [9.17, 15) is 0 Å². The van der Waals surface area contributed by atoms with Crippen LogP contribution in [-0.2, 0) is 10.2 Å². The van der Waals surface area contributed by atoms with Crippen molar-refractivity contribution >= 4 is 11.8 Å². The van der Waals surface area contributed by atoms with Gasteiger partial charge >= 0.3 is 0 Å². The van der Waals surface area contributed by atoms with Crippen LogP contribution in [0.3, 0.4) is 0 Å². The normalized spacial score (nSPS) is 19.8. The van der Waals surface area contributed by atoms with Gasteiger partial charge in [0.05, 0.1) is 11.8 Å². The van der Waals surface area contributed by atoms with Crippen LogP contribution in [0.1, 0.15) is 64.9 Å². The zero-order valence-electron chi connectivity index (χ0n) is 13.3. The number of ether oxygens (including phenoxy) is 1. The Bertz CT molecular complexity index is 448. The first-order valence-corrected chi connectivity index (χ1v) is 8.48. The molecule has 4 heteroatoms. The van der Waals surface area contributed by atoms with Crippen LogP contribution in [-0.4, -0.2) is 28.4 Å². The summed E-state index contributed by atoms with van der Waals surface area (Å²) in [6.45, 7) is 11.8. The maximum absolute atomic E-state index is 5.69. The van der Waals surface area contributed by atoms with Crippen LogP contribution in [0, 0.1) is 0 Å². The molecule has 1 aromatic rings. The summed E-state index contributed by atoms with van der Waals surface area (Å²) in [5.41, 5.74) is 1.19. The molecule has 2 rings (SSSR count). The molecule has 0 bridgehead atoms. The lowest BCUT2D eigenvalue weighted by molar-refractivity contribution is 0.129. The van der Waals surface area contributed by atoms with Crippen LogP contribution in [0.5, 0.6) is 0 Å². The second kappa shape index (κ2) is 6.44. The molecule has 1 fully saturated rings. The quantitative estimate of drug-likeness (QED) is 0.617.